The molecular weight excluding hydrogens is 562 g/mol. The van der Waals surface area contributed by atoms with Gasteiger partial charge < -0.3 is 24.5 Å². The van der Waals surface area contributed by atoms with Gasteiger partial charge in [-0.3, -0.25) is 14.4 Å². The van der Waals surface area contributed by atoms with Crippen molar-refractivity contribution in [1.82, 2.24) is 4.90 Å². The van der Waals surface area contributed by atoms with E-state index in [2.05, 4.69) is 31.9 Å². The van der Waals surface area contributed by atoms with Crippen molar-refractivity contribution in [2.45, 2.75) is 81.3 Å². The van der Waals surface area contributed by atoms with Gasteiger partial charge in [-0.1, -0.05) is 12.2 Å². The van der Waals surface area contributed by atoms with Crippen LogP contribution in [0.2, 0.25) is 0 Å². The third kappa shape index (κ3) is 6.68. The number of aliphatic hydroxyl groups excluding tert-OH is 1. The number of rotatable bonds is 18. The van der Waals surface area contributed by atoms with E-state index >= 15 is 0 Å². The van der Waals surface area contributed by atoms with Gasteiger partial charge in [0.2, 0.25) is 5.91 Å². The van der Waals surface area contributed by atoms with Crippen LogP contribution < -0.4 is 9.80 Å². The van der Waals surface area contributed by atoms with Crippen LogP contribution in [0.25, 0.3) is 0 Å². The predicted molar refractivity (Wildman–Crippen MR) is 174 cm³/mol. The van der Waals surface area contributed by atoms with Gasteiger partial charge in [-0.25, -0.2) is 0 Å². The lowest BCUT2D eigenvalue weighted by Crippen LogP contribution is -2.55. The number of esters is 1. The highest BCUT2D eigenvalue weighted by Gasteiger charge is 2.74. The zero-order valence-corrected chi connectivity index (χ0v) is 26.7. The lowest BCUT2D eigenvalue weighted by Gasteiger charge is -2.37. The second kappa shape index (κ2) is 15.3. The molecule has 2 unspecified atom stereocenters. The van der Waals surface area contributed by atoms with E-state index in [0.29, 0.717) is 39.0 Å². The van der Waals surface area contributed by atoms with Gasteiger partial charge in [0.15, 0.2) is 0 Å². The Hall–Kier alpha value is -2.78. The van der Waals surface area contributed by atoms with Crippen LogP contribution in [0.15, 0.2) is 49.6 Å². The van der Waals surface area contributed by atoms with E-state index in [1.54, 1.807) is 27.6 Å². The van der Waals surface area contributed by atoms with E-state index in [1.165, 1.54) is 0 Å². The summed E-state index contributed by atoms with van der Waals surface area (Å²) in [5.74, 6) is -1.65. The molecule has 9 heteroatoms. The minimum Gasteiger partial charge on any atom is -0.465 e. The van der Waals surface area contributed by atoms with Crippen LogP contribution in [0.1, 0.15) is 65.2 Å². The van der Waals surface area contributed by atoms with Crippen LogP contribution >= 0.6 is 11.8 Å². The highest BCUT2D eigenvalue weighted by molar-refractivity contribution is 8.02. The Kier molecular flexibility index (Phi) is 11.8. The summed E-state index contributed by atoms with van der Waals surface area (Å²) in [7, 11) is 0. The molecule has 0 saturated carbocycles. The molecule has 3 heterocycles. The average molecular weight is 612 g/mol. The first-order valence-corrected chi connectivity index (χ1v) is 16.9. The molecule has 2 bridgehead atoms. The van der Waals surface area contributed by atoms with Crippen LogP contribution in [0.4, 0.5) is 11.4 Å². The first-order valence-electron chi connectivity index (χ1n) is 16.0. The van der Waals surface area contributed by atoms with Crippen LogP contribution in [-0.4, -0.2) is 83.2 Å². The molecule has 0 aromatic heterocycles. The summed E-state index contributed by atoms with van der Waals surface area (Å²) in [4.78, 5) is 48.1. The molecule has 5 atom stereocenters. The van der Waals surface area contributed by atoms with Crippen LogP contribution in [0, 0.1) is 11.8 Å². The maximum atomic E-state index is 14.7. The molecule has 1 aromatic carbocycles. The summed E-state index contributed by atoms with van der Waals surface area (Å²) in [6.07, 6.45) is 9.70. The fourth-order valence-corrected chi connectivity index (χ4v) is 9.40. The largest absolute Gasteiger partial charge is 0.465 e. The first-order chi connectivity index (χ1) is 20.9. The topological polar surface area (TPSA) is 90.4 Å². The number of hydrogen-bond acceptors (Lipinski definition) is 7. The molecule has 3 fully saturated rings. The van der Waals surface area contributed by atoms with Crippen molar-refractivity contribution in [2.24, 2.45) is 11.8 Å². The first kappa shape index (κ1) is 33.1. The molecule has 1 aromatic rings. The third-order valence-electron chi connectivity index (χ3n) is 9.28. The van der Waals surface area contributed by atoms with Gasteiger partial charge in [0.05, 0.1) is 23.2 Å². The number of thioether (sulfide) groups is 1. The number of anilines is 2. The summed E-state index contributed by atoms with van der Waals surface area (Å²) >= 11 is 1.67. The van der Waals surface area contributed by atoms with E-state index in [4.69, 9.17) is 4.74 Å². The highest BCUT2D eigenvalue weighted by Crippen LogP contribution is 2.66. The van der Waals surface area contributed by atoms with Gasteiger partial charge in [-0.2, -0.15) is 0 Å². The predicted octanol–water partition coefficient (Wildman–Crippen LogP) is 5.21. The normalized spacial score (nSPS) is 25.5. The Morgan fingerprint density at radius 3 is 2.44 bits per heavy atom. The lowest BCUT2D eigenvalue weighted by atomic mass is 9.71. The number of allylic oxidation sites excluding steroid dienone is 1. The number of carbonyl (C=O) groups excluding carboxylic acids is 3. The maximum absolute atomic E-state index is 14.7. The van der Waals surface area contributed by atoms with Gasteiger partial charge in [-0.05, 0) is 89.5 Å². The standard InChI is InChI=1S/C34H49N3O5S/c1-5-9-10-14-24-42-33(41)28-27-19-20-34(43-27)29(28)31(39)37(22-12-11-13-23-38)30(34)32(40)36(21-6-2)26-17-15-25(16-18-26)35(7-3)8-4/h5-6,15-18,27-30,38H,1-2,7-14,19-24H2,3-4H3/t27-,28+,29+,30?,34?/m1/s1. The molecule has 236 valence electrons. The van der Waals surface area contributed by atoms with Crippen molar-refractivity contribution in [3.8, 4) is 0 Å². The Labute approximate surface area is 261 Å². The quantitative estimate of drug-likeness (QED) is 0.139. The monoisotopic (exact) mass is 611 g/mol. The van der Waals surface area contributed by atoms with Gasteiger partial charge in [0, 0.05) is 49.4 Å². The molecule has 8 nitrogen and oxygen atoms in total. The molecule has 3 saturated heterocycles. The number of hydrogen-bond donors (Lipinski definition) is 1. The average Bonchev–Trinajstić information content (AvgIpc) is 3.66. The molecule has 43 heavy (non-hydrogen) atoms. The molecular formula is C34H49N3O5S. The zero-order chi connectivity index (χ0) is 31.0. The summed E-state index contributed by atoms with van der Waals surface area (Å²) in [6, 6.07) is 7.34. The van der Waals surface area contributed by atoms with Crippen molar-refractivity contribution >= 4 is 40.9 Å². The number of fused-ring (bicyclic) bond motifs is 1. The van der Waals surface area contributed by atoms with Crippen LogP contribution in [0.3, 0.4) is 0 Å². The van der Waals surface area contributed by atoms with E-state index in [-0.39, 0.29) is 29.6 Å². The highest BCUT2D eigenvalue weighted by atomic mass is 32.2. The molecule has 0 radical (unpaired) electrons. The minimum absolute atomic E-state index is 0.0253. The number of ether oxygens (including phenoxy) is 1. The fraction of sp³-hybridized carbons (Fsp3) is 0.618. The van der Waals surface area contributed by atoms with E-state index < -0.39 is 22.6 Å². The van der Waals surface area contributed by atoms with Gasteiger partial charge in [0.1, 0.15) is 6.04 Å². The van der Waals surface area contributed by atoms with E-state index in [9.17, 15) is 19.5 Å². The molecule has 2 amide bonds. The lowest BCUT2D eigenvalue weighted by molar-refractivity contribution is -0.154. The van der Waals surface area contributed by atoms with Crippen LogP contribution in [0.5, 0.6) is 0 Å². The van der Waals surface area contributed by atoms with Crippen molar-refractivity contribution < 1.29 is 24.2 Å². The summed E-state index contributed by atoms with van der Waals surface area (Å²) in [6.45, 7) is 14.9. The third-order valence-corrected chi connectivity index (χ3v) is 11.2. The van der Waals surface area contributed by atoms with Crippen molar-refractivity contribution in [1.29, 1.82) is 0 Å². The number of aliphatic hydroxyl groups is 1. The fourth-order valence-electron chi connectivity index (χ4n) is 7.20. The van der Waals surface area contributed by atoms with Crippen molar-refractivity contribution in [3.63, 3.8) is 0 Å². The SMILES string of the molecule is C=CCCCCOC(=O)[C@@H]1[C@H]2C(=O)N(CCCCCO)C(C(=O)N(CC=C)c3ccc(N(CC)CC)cc3)C23CC[C@H]1S3. The Balaban J connectivity index is 1.63. The number of carbonyl (C=O) groups is 3. The molecule has 3 aliphatic heterocycles. The van der Waals surface area contributed by atoms with Gasteiger partial charge >= 0.3 is 5.97 Å². The number of unbranched alkanes of at least 4 members (excludes halogenated alkanes) is 4. The van der Waals surface area contributed by atoms with Crippen molar-refractivity contribution in [2.75, 3.05) is 49.2 Å². The van der Waals surface area contributed by atoms with E-state index in [1.807, 2.05) is 30.3 Å². The Bertz CT molecular complexity index is 1140. The summed E-state index contributed by atoms with van der Waals surface area (Å²) in [5, 5.41) is 9.29. The van der Waals surface area contributed by atoms with Gasteiger partial charge in [-0.15, -0.1) is 24.9 Å². The maximum Gasteiger partial charge on any atom is 0.310 e. The summed E-state index contributed by atoms with van der Waals surface area (Å²) in [5.41, 5.74) is 1.86. The molecule has 3 aliphatic rings. The molecule has 1 spiro atoms. The van der Waals surface area contributed by atoms with E-state index in [0.717, 1.165) is 56.6 Å². The van der Waals surface area contributed by atoms with Gasteiger partial charge in [0.25, 0.3) is 5.91 Å². The van der Waals surface area contributed by atoms with Crippen LogP contribution in [-0.2, 0) is 19.1 Å². The number of benzene rings is 1. The molecule has 4 rings (SSSR count). The minimum atomic E-state index is -0.679. The number of amides is 2. The second-order valence-corrected chi connectivity index (χ2v) is 13.4. The number of likely N-dealkylation sites (tertiary alicyclic amines) is 1. The number of nitrogens with zero attached hydrogens (tertiary/aromatic N) is 3. The molecule has 0 aliphatic carbocycles. The molecule has 1 N–H and O–H groups in total. The Morgan fingerprint density at radius 2 is 1.79 bits per heavy atom. The Morgan fingerprint density at radius 1 is 1.07 bits per heavy atom. The summed E-state index contributed by atoms with van der Waals surface area (Å²) < 4.78 is 5.07. The smallest absolute Gasteiger partial charge is 0.310 e. The van der Waals surface area contributed by atoms with Crippen molar-refractivity contribution in [3.05, 3.63) is 49.6 Å². The zero-order valence-electron chi connectivity index (χ0n) is 25.9. The second-order valence-electron chi connectivity index (χ2n) is 11.7.